The van der Waals surface area contributed by atoms with Gasteiger partial charge in [-0.1, -0.05) is 23.2 Å². The number of nitriles is 1. The number of rotatable bonds is 5. The first-order valence-corrected chi connectivity index (χ1v) is 13.7. The predicted molar refractivity (Wildman–Crippen MR) is 129 cm³/mol. The Morgan fingerprint density at radius 1 is 1.15 bits per heavy atom. The van der Waals surface area contributed by atoms with Crippen LogP contribution in [0.2, 0.25) is 10.0 Å². The summed E-state index contributed by atoms with van der Waals surface area (Å²) in [4.78, 5) is 25.1. The molecule has 0 unspecified atom stereocenters. The van der Waals surface area contributed by atoms with Crippen molar-refractivity contribution < 1.29 is 23.1 Å². The minimum atomic E-state index is -4.08. The SMILES string of the molecule is N#Cc1c(NC(=O)c2cc(S(=O)(=O)N3CCC(C(=O)O)CC3)c(Cl)cc2Cl)sc2c1CCCC2. The molecule has 1 aliphatic heterocycles. The van der Waals surface area contributed by atoms with Crippen LogP contribution in [0.25, 0.3) is 0 Å². The summed E-state index contributed by atoms with van der Waals surface area (Å²) in [5, 5.41) is 21.8. The van der Waals surface area contributed by atoms with E-state index in [0.29, 0.717) is 10.6 Å². The van der Waals surface area contributed by atoms with Crippen LogP contribution in [0, 0.1) is 17.2 Å². The van der Waals surface area contributed by atoms with E-state index in [9.17, 15) is 23.3 Å². The van der Waals surface area contributed by atoms with Crippen LogP contribution in [0.5, 0.6) is 0 Å². The molecule has 2 aromatic rings. The number of anilines is 1. The summed E-state index contributed by atoms with van der Waals surface area (Å²) >= 11 is 13.8. The van der Waals surface area contributed by atoms with E-state index in [1.54, 1.807) is 0 Å². The highest BCUT2D eigenvalue weighted by atomic mass is 35.5. The summed E-state index contributed by atoms with van der Waals surface area (Å²) in [6.45, 7) is 0.0676. The molecule has 1 aromatic heterocycles. The van der Waals surface area contributed by atoms with Crippen molar-refractivity contribution in [1.29, 1.82) is 5.26 Å². The molecule has 0 spiro atoms. The molecule has 34 heavy (non-hydrogen) atoms. The Kier molecular flexibility index (Phi) is 7.22. The van der Waals surface area contributed by atoms with Crippen molar-refractivity contribution in [2.24, 2.45) is 5.92 Å². The van der Waals surface area contributed by atoms with Gasteiger partial charge in [-0.15, -0.1) is 11.3 Å². The number of amides is 1. The first-order chi connectivity index (χ1) is 16.1. The quantitative estimate of drug-likeness (QED) is 0.571. The lowest BCUT2D eigenvalue weighted by molar-refractivity contribution is -0.142. The predicted octanol–water partition coefficient (Wildman–Crippen LogP) is 4.54. The molecule has 1 fully saturated rings. The van der Waals surface area contributed by atoms with Crippen LogP contribution in [-0.4, -0.2) is 42.8 Å². The number of fused-ring (bicyclic) bond motifs is 1. The Hall–Kier alpha value is -2.16. The molecular weight excluding hydrogens is 521 g/mol. The largest absolute Gasteiger partial charge is 0.481 e. The van der Waals surface area contributed by atoms with Gasteiger partial charge in [-0.2, -0.15) is 9.57 Å². The Morgan fingerprint density at radius 2 is 1.82 bits per heavy atom. The highest BCUT2D eigenvalue weighted by Crippen LogP contribution is 2.38. The maximum atomic E-state index is 13.2. The van der Waals surface area contributed by atoms with Gasteiger partial charge in [0.15, 0.2) is 0 Å². The number of carboxylic acids is 1. The summed E-state index contributed by atoms with van der Waals surface area (Å²) in [6.07, 6.45) is 4.03. The molecule has 0 radical (unpaired) electrons. The minimum absolute atomic E-state index is 0.0223. The molecule has 0 bridgehead atoms. The number of carboxylic acid groups (broad SMARTS) is 1. The maximum Gasteiger partial charge on any atom is 0.306 e. The number of carbonyl (C=O) groups excluding carboxylic acids is 1. The second kappa shape index (κ2) is 9.84. The van der Waals surface area contributed by atoms with Crippen LogP contribution in [0.3, 0.4) is 0 Å². The topological polar surface area (TPSA) is 128 Å². The first-order valence-electron chi connectivity index (χ1n) is 10.7. The average molecular weight is 542 g/mol. The van der Waals surface area contributed by atoms with Gasteiger partial charge in [0.2, 0.25) is 10.0 Å². The maximum absolute atomic E-state index is 13.2. The molecule has 0 saturated carbocycles. The summed E-state index contributed by atoms with van der Waals surface area (Å²) in [6, 6.07) is 4.52. The van der Waals surface area contributed by atoms with Crippen LogP contribution in [0.4, 0.5) is 5.00 Å². The van der Waals surface area contributed by atoms with Gasteiger partial charge in [0.25, 0.3) is 5.91 Å². The standard InChI is InChI=1S/C22H21Cl2N3O5S2/c23-16-10-17(24)19(34(31,32)27-7-5-12(6-8-27)22(29)30)9-14(16)20(28)26-21-15(11-25)13-3-1-2-4-18(13)33-21/h9-10,12H,1-8H2,(H,26,28)(H,29,30). The number of piperidine rings is 1. The monoisotopic (exact) mass is 541 g/mol. The number of carbonyl (C=O) groups is 2. The highest BCUT2D eigenvalue weighted by Gasteiger charge is 2.34. The zero-order valence-electron chi connectivity index (χ0n) is 17.9. The van der Waals surface area contributed by atoms with Gasteiger partial charge in [-0.25, -0.2) is 8.42 Å². The molecule has 4 rings (SSSR count). The molecule has 8 nitrogen and oxygen atoms in total. The van der Waals surface area contributed by atoms with E-state index < -0.39 is 27.8 Å². The molecule has 180 valence electrons. The zero-order valence-corrected chi connectivity index (χ0v) is 21.1. The van der Waals surface area contributed by atoms with Gasteiger partial charge < -0.3 is 10.4 Å². The van der Waals surface area contributed by atoms with Gasteiger partial charge in [0.1, 0.15) is 16.0 Å². The van der Waals surface area contributed by atoms with Crippen LogP contribution < -0.4 is 5.32 Å². The Labute approximate surface area is 211 Å². The van der Waals surface area contributed by atoms with Crippen LogP contribution >= 0.6 is 34.5 Å². The number of benzene rings is 1. The van der Waals surface area contributed by atoms with E-state index in [4.69, 9.17) is 28.3 Å². The number of halogens is 2. The number of aliphatic carboxylic acids is 1. The molecule has 12 heteroatoms. The summed E-state index contributed by atoms with van der Waals surface area (Å²) in [7, 11) is -4.08. The fourth-order valence-electron chi connectivity index (χ4n) is 4.33. The summed E-state index contributed by atoms with van der Waals surface area (Å²) in [5.74, 6) is -2.19. The minimum Gasteiger partial charge on any atom is -0.481 e. The first kappa shape index (κ1) is 24.9. The smallest absolute Gasteiger partial charge is 0.306 e. The normalized spacial score (nSPS) is 17.1. The number of nitrogens with one attached hydrogen (secondary N) is 1. The number of nitrogens with zero attached hydrogens (tertiary/aromatic N) is 2. The van der Waals surface area contributed by atoms with Crippen molar-refractivity contribution in [3.63, 3.8) is 0 Å². The van der Waals surface area contributed by atoms with E-state index in [0.717, 1.165) is 42.2 Å². The third-order valence-electron chi connectivity index (χ3n) is 6.20. The molecule has 0 atom stereocenters. The van der Waals surface area contributed by atoms with Crippen LogP contribution in [0.15, 0.2) is 17.0 Å². The second-order valence-corrected chi connectivity index (χ2v) is 12.1. The molecule has 1 saturated heterocycles. The molecule has 1 amide bonds. The number of hydrogen-bond donors (Lipinski definition) is 2. The van der Waals surface area contributed by atoms with E-state index in [-0.39, 0.29) is 46.4 Å². The molecule has 1 aliphatic carbocycles. The molecule has 2 aliphatic rings. The fraction of sp³-hybridized carbons (Fsp3) is 0.409. The number of aryl methyl sites for hydroxylation is 1. The van der Waals surface area contributed by atoms with Crippen molar-refractivity contribution in [1.82, 2.24) is 4.31 Å². The summed E-state index contributed by atoms with van der Waals surface area (Å²) < 4.78 is 27.7. The van der Waals surface area contributed by atoms with Crippen molar-refractivity contribution in [2.75, 3.05) is 18.4 Å². The van der Waals surface area contributed by atoms with Crippen LogP contribution in [-0.2, 0) is 27.7 Å². The zero-order chi connectivity index (χ0) is 24.6. The van der Waals surface area contributed by atoms with Gasteiger partial charge >= 0.3 is 5.97 Å². The van der Waals surface area contributed by atoms with Crippen molar-refractivity contribution in [3.05, 3.63) is 43.7 Å². The van der Waals surface area contributed by atoms with E-state index in [2.05, 4.69) is 11.4 Å². The Bertz CT molecular complexity index is 1310. The average Bonchev–Trinajstić information content (AvgIpc) is 3.15. The van der Waals surface area contributed by atoms with E-state index >= 15 is 0 Å². The molecule has 1 aromatic carbocycles. The number of thiophene rings is 1. The molecular formula is C22H21Cl2N3O5S2. The number of hydrogen-bond acceptors (Lipinski definition) is 6. The van der Waals surface area contributed by atoms with Crippen LogP contribution in [0.1, 0.15) is 52.0 Å². The second-order valence-electron chi connectivity index (χ2n) is 8.26. The van der Waals surface area contributed by atoms with Crippen molar-refractivity contribution in [3.8, 4) is 6.07 Å². The van der Waals surface area contributed by atoms with Gasteiger partial charge in [0, 0.05) is 18.0 Å². The third kappa shape index (κ3) is 4.68. The Balaban J connectivity index is 1.62. The van der Waals surface area contributed by atoms with Crippen molar-refractivity contribution in [2.45, 2.75) is 43.4 Å². The lowest BCUT2D eigenvalue weighted by Gasteiger charge is -2.29. The lowest BCUT2D eigenvalue weighted by Crippen LogP contribution is -2.40. The molecule has 2 N–H and O–H groups in total. The number of sulfonamides is 1. The van der Waals surface area contributed by atoms with E-state index in [1.807, 2.05) is 0 Å². The summed E-state index contributed by atoms with van der Waals surface area (Å²) in [5.41, 5.74) is 1.32. The van der Waals surface area contributed by atoms with Gasteiger partial charge in [0.05, 0.1) is 27.1 Å². The lowest BCUT2D eigenvalue weighted by atomic mass is 9.96. The third-order valence-corrected chi connectivity index (χ3v) is 10.1. The van der Waals surface area contributed by atoms with Gasteiger partial charge in [-0.05, 0) is 56.2 Å². The van der Waals surface area contributed by atoms with E-state index in [1.165, 1.54) is 21.7 Å². The van der Waals surface area contributed by atoms with Gasteiger partial charge in [-0.3, -0.25) is 9.59 Å². The van der Waals surface area contributed by atoms with Crippen molar-refractivity contribution >= 4 is 61.4 Å². The fourth-order valence-corrected chi connectivity index (χ4v) is 7.86. The highest BCUT2D eigenvalue weighted by molar-refractivity contribution is 7.89. The Morgan fingerprint density at radius 3 is 2.47 bits per heavy atom. The molecule has 2 heterocycles.